The predicted octanol–water partition coefficient (Wildman–Crippen LogP) is 7.47. The fourth-order valence-corrected chi connectivity index (χ4v) is 4.93. The average molecular weight is 343 g/mol. The molecular weight excluding hydrogens is 312 g/mol. The summed E-state index contributed by atoms with van der Waals surface area (Å²) in [6.07, 6.45) is 7.29. The minimum absolute atomic E-state index is 0.195. The van der Waals surface area contributed by atoms with Crippen molar-refractivity contribution in [3.63, 3.8) is 0 Å². The molecule has 0 bridgehead atoms. The van der Waals surface area contributed by atoms with Gasteiger partial charge in [-0.05, 0) is 59.9 Å². The minimum Gasteiger partial charge on any atom is -0.0652 e. The molecule has 0 heteroatoms. The molecule has 0 radical (unpaired) electrons. The summed E-state index contributed by atoms with van der Waals surface area (Å²) >= 11 is 0. The van der Waals surface area contributed by atoms with Crippen molar-refractivity contribution in [2.45, 2.75) is 64.7 Å². The summed E-state index contributed by atoms with van der Waals surface area (Å²) < 4.78 is 0. The molecule has 134 valence electrons. The van der Waals surface area contributed by atoms with Crippen LogP contribution in [0.25, 0.3) is 12.2 Å². The third-order valence-corrected chi connectivity index (χ3v) is 6.29. The van der Waals surface area contributed by atoms with Gasteiger partial charge in [0.25, 0.3) is 0 Å². The Balaban J connectivity index is 1.59. The maximum Gasteiger partial charge on any atom is 0.00551 e. The van der Waals surface area contributed by atoms with Crippen LogP contribution in [0.2, 0.25) is 0 Å². The highest BCUT2D eigenvalue weighted by Crippen LogP contribution is 2.46. The summed E-state index contributed by atoms with van der Waals surface area (Å²) in [5.41, 5.74) is 10.7. The minimum atomic E-state index is 0.195. The number of hydrogen-bond donors (Lipinski definition) is 0. The lowest BCUT2D eigenvalue weighted by Crippen LogP contribution is -2.13. The van der Waals surface area contributed by atoms with Crippen LogP contribution in [0.4, 0.5) is 0 Å². The van der Waals surface area contributed by atoms with Gasteiger partial charge in [-0.2, -0.15) is 0 Å². The van der Waals surface area contributed by atoms with Gasteiger partial charge in [0, 0.05) is 11.8 Å². The van der Waals surface area contributed by atoms with Crippen molar-refractivity contribution in [2.75, 3.05) is 0 Å². The second kappa shape index (κ2) is 6.27. The SMILES string of the molecule is CC1=Cc2ccccc2C1CCC1C(C)=Cc2c1cccc2C(C)(C)C. The standard InChI is InChI=1S/C26H30/c1-17-15-19-9-6-7-10-22(19)20(17)13-14-21-18(2)16-24-23(21)11-8-12-25(24)26(3,4)5/h6-12,15-16,20-21H,13-14H2,1-5H3. The van der Waals surface area contributed by atoms with Crippen LogP contribution in [0.15, 0.2) is 53.6 Å². The molecule has 0 aliphatic heterocycles. The second-order valence-corrected chi connectivity index (χ2v) is 9.15. The quantitative estimate of drug-likeness (QED) is 0.543. The third kappa shape index (κ3) is 2.86. The van der Waals surface area contributed by atoms with Gasteiger partial charge in [-0.15, -0.1) is 0 Å². The molecule has 0 spiro atoms. The molecule has 2 aromatic rings. The van der Waals surface area contributed by atoms with Crippen molar-refractivity contribution in [1.29, 1.82) is 0 Å². The van der Waals surface area contributed by atoms with E-state index in [1.165, 1.54) is 46.2 Å². The van der Waals surface area contributed by atoms with Gasteiger partial charge in [-0.3, -0.25) is 0 Å². The van der Waals surface area contributed by atoms with Gasteiger partial charge in [0.2, 0.25) is 0 Å². The van der Waals surface area contributed by atoms with Crippen molar-refractivity contribution >= 4 is 12.2 Å². The lowest BCUT2D eigenvalue weighted by atomic mass is 9.80. The molecule has 0 saturated carbocycles. The Morgan fingerprint density at radius 3 is 2.08 bits per heavy atom. The van der Waals surface area contributed by atoms with Gasteiger partial charge in [-0.1, -0.05) is 86.5 Å². The Kier molecular flexibility index (Phi) is 4.18. The molecule has 2 unspecified atom stereocenters. The summed E-state index contributed by atoms with van der Waals surface area (Å²) in [7, 11) is 0. The molecule has 2 aromatic carbocycles. The van der Waals surface area contributed by atoms with E-state index in [1.54, 1.807) is 5.56 Å². The molecule has 26 heavy (non-hydrogen) atoms. The van der Waals surface area contributed by atoms with Gasteiger partial charge in [0.1, 0.15) is 0 Å². The van der Waals surface area contributed by atoms with Crippen LogP contribution in [0, 0.1) is 0 Å². The summed E-state index contributed by atoms with van der Waals surface area (Å²) in [6, 6.07) is 15.8. The zero-order valence-electron chi connectivity index (χ0n) is 16.8. The van der Waals surface area contributed by atoms with E-state index in [1.807, 2.05) is 0 Å². The average Bonchev–Trinajstić information content (AvgIpc) is 3.07. The highest BCUT2D eigenvalue weighted by molar-refractivity contribution is 5.70. The van der Waals surface area contributed by atoms with Crippen molar-refractivity contribution in [3.8, 4) is 0 Å². The predicted molar refractivity (Wildman–Crippen MR) is 114 cm³/mol. The number of benzene rings is 2. The van der Waals surface area contributed by atoms with Crippen LogP contribution < -0.4 is 0 Å². The molecule has 0 aromatic heterocycles. The maximum atomic E-state index is 2.45. The van der Waals surface area contributed by atoms with E-state index < -0.39 is 0 Å². The largest absolute Gasteiger partial charge is 0.0652 e. The second-order valence-electron chi connectivity index (χ2n) is 9.15. The fourth-order valence-electron chi connectivity index (χ4n) is 4.93. The summed E-state index contributed by atoms with van der Waals surface area (Å²) in [5, 5.41) is 0. The van der Waals surface area contributed by atoms with Crippen LogP contribution in [-0.2, 0) is 5.41 Å². The first-order valence-corrected chi connectivity index (χ1v) is 9.95. The highest BCUT2D eigenvalue weighted by atomic mass is 14.3. The van der Waals surface area contributed by atoms with Gasteiger partial charge in [0.05, 0.1) is 0 Å². The molecule has 0 N–H and O–H groups in total. The molecule has 0 fully saturated rings. The Morgan fingerprint density at radius 1 is 0.731 bits per heavy atom. The molecule has 0 amide bonds. The molecule has 0 heterocycles. The number of hydrogen-bond acceptors (Lipinski definition) is 0. The van der Waals surface area contributed by atoms with Crippen LogP contribution in [0.5, 0.6) is 0 Å². The van der Waals surface area contributed by atoms with Crippen molar-refractivity contribution in [1.82, 2.24) is 0 Å². The van der Waals surface area contributed by atoms with E-state index in [9.17, 15) is 0 Å². The normalized spacial score (nSPS) is 21.3. The highest BCUT2D eigenvalue weighted by Gasteiger charge is 2.29. The zero-order valence-corrected chi connectivity index (χ0v) is 16.8. The molecule has 2 aliphatic rings. The van der Waals surface area contributed by atoms with Gasteiger partial charge in [0.15, 0.2) is 0 Å². The van der Waals surface area contributed by atoms with Crippen molar-refractivity contribution < 1.29 is 0 Å². The van der Waals surface area contributed by atoms with Crippen LogP contribution in [0.3, 0.4) is 0 Å². The van der Waals surface area contributed by atoms with Crippen molar-refractivity contribution in [2.24, 2.45) is 0 Å². The van der Waals surface area contributed by atoms with Crippen LogP contribution >= 0.6 is 0 Å². The first-order chi connectivity index (χ1) is 12.4. The number of allylic oxidation sites excluding steroid dienone is 2. The zero-order chi connectivity index (χ0) is 18.5. The van der Waals surface area contributed by atoms with Gasteiger partial charge in [-0.25, -0.2) is 0 Å². The molecular formula is C26H30. The van der Waals surface area contributed by atoms with E-state index in [2.05, 4.69) is 89.2 Å². The Labute approximate surface area is 158 Å². The summed E-state index contributed by atoms with van der Waals surface area (Å²) in [5.74, 6) is 1.17. The summed E-state index contributed by atoms with van der Waals surface area (Å²) in [4.78, 5) is 0. The molecule has 4 rings (SSSR count). The Morgan fingerprint density at radius 2 is 1.35 bits per heavy atom. The third-order valence-electron chi connectivity index (χ3n) is 6.29. The van der Waals surface area contributed by atoms with Crippen molar-refractivity contribution in [3.05, 3.63) is 81.4 Å². The Hall–Kier alpha value is -2.08. The lowest BCUT2D eigenvalue weighted by molar-refractivity contribution is 0.584. The Bertz CT molecular complexity index is 902. The molecule has 2 aliphatic carbocycles. The van der Waals surface area contributed by atoms with Crippen LogP contribution in [0.1, 0.15) is 87.1 Å². The van der Waals surface area contributed by atoms with E-state index in [0.717, 1.165) is 0 Å². The fraction of sp³-hybridized carbons (Fsp3) is 0.385. The van der Waals surface area contributed by atoms with E-state index >= 15 is 0 Å². The van der Waals surface area contributed by atoms with Gasteiger partial charge < -0.3 is 0 Å². The summed E-state index contributed by atoms with van der Waals surface area (Å²) in [6.45, 7) is 11.6. The van der Waals surface area contributed by atoms with Crippen LogP contribution in [-0.4, -0.2) is 0 Å². The smallest absolute Gasteiger partial charge is 0.00551 e. The molecule has 0 nitrogen and oxygen atoms in total. The van der Waals surface area contributed by atoms with E-state index in [-0.39, 0.29) is 5.41 Å². The topological polar surface area (TPSA) is 0 Å². The number of fused-ring (bicyclic) bond motifs is 2. The first kappa shape index (κ1) is 17.3. The lowest BCUT2D eigenvalue weighted by Gasteiger charge is -2.24. The van der Waals surface area contributed by atoms with Gasteiger partial charge >= 0.3 is 0 Å². The maximum absolute atomic E-state index is 2.45. The van der Waals surface area contributed by atoms with E-state index in [4.69, 9.17) is 0 Å². The first-order valence-electron chi connectivity index (χ1n) is 9.95. The monoisotopic (exact) mass is 342 g/mol. The van der Waals surface area contributed by atoms with E-state index in [0.29, 0.717) is 11.8 Å². The molecule has 2 atom stereocenters. The molecule has 0 saturated heterocycles. The number of rotatable bonds is 3.